The highest BCUT2D eigenvalue weighted by Crippen LogP contribution is 2.33. The number of hydrogen-bond acceptors (Lipinski definition) is 6. The van der Waals surface area contributed by atoms with E-state index in [0.29, 0.717) is 18.8 Å². The zero-order valence-corrected chi connectivity index (χ0v) is 22.5. The lowest BCUT2D eigenvalue weighted by atomic mass is 9.84. The molecule has 0 bridgehead atoms. The van der Waals surface area contributed by atoms with E-state index in [2.05, 4.69) is 16.0 Å². The summed E-state index contributed by atoms with van der Waals surface area (Å²) in [5.74, 6) is 1.35. The monoisotopic (exact) mass is 519 g/mol. The summed E-state index contributed by atoms with van der Waals surface area (Å²) in [5.41, 5.74) is 4.55. The van der Waals surface area contributed by atoms with Gasteiger partial charge in [-0.1, -0.05) is 24.3 Å². The van der Waals surface area contributed by atoms with Crippen LogP contribution in [0.2, 0.25) is 0 Å². The van der Waals surface area contributed by atoms with Gasteiger partial charge in [0.05, 0.1) is 29.8 Å². The second kappa shape index (κ2) is 10.6. The van der Waals surface area contributed by atoms with Crippen LogP contribution in [0.3, 0.4) is 0 Å². The summed E-state index contributed by atoms with van der Waals surface area (Å²) in [6.45, 7) is 4.95. The van der Waals surface area contributed by atoms with Crippen LogP contribution in [0.15, 0.2) is 90.9 Å². The minimum atomic E-state index is -0.585. The molecule has 196 valence electrons. The van der Waals surface area contributed by atoms with Crippen molar-refractivity contribution in [3.63, 3.8) is 0 Å². The van der Waals surface area contributed by atoms with Crippen molar-refractivity contribution in [1.82, 2.24) is 9.97 Å². The third kappa shape index (κ3) is 5.46. The van der Waals surface area contributed by atoms with Crippen LogP contribution in [0.1, 0.15) is 19.4 Å². The summed E-state index contributed by atoms with van der Waals surface area (Å²) in [4.78, 5) is 13.3. The molecule has 7 heteroatoms. The summed E-state index contributed by atoms with van der Waals surface area (Å²) in [7, 11) is 3.66. The fraction of sp³-hybridized carbons (Fsp3) is 0.219. The number of nitriles is 1. The first kappa shape index (κ1) is 25.9. The molecule has 0 aliphatic carbocycles. The number of hydrogen-bond donors (Lipinski definition) is 0. The van der Waals surface area contributed by atoms with Crippen LogP contribution < -0.4 is 14.5 Å². The third-order valence-corrected chi connectivity index (χ3v) is 7.05. The normalized spacial score (nSPS) is 13.2. The average molecular weight is 520 g/mol. The van der Waals surface area contributed by atoms with E-state index in [1.807, 2.05) is 99.0 Å². The van der Waals surface area contributed by atoms with E-state index < -0.39 is 5.41 Å². The van der Waals surface area contributed by atoms with Gasteiger partial charge in [0, 0.05) is 55.7 Å². The highest BCUT2D eigenvalue weighted by Gasteiger charge is 2.23. The number of fused-ring (bicyclic) bond motifs is 1. The molecule has 4 aromatic rings. The van der Waals surface area contributed by atoms with E-state index in [-0.39, 0.29) is 5.82 Å². The van der Waals surface area contributed by atoms with E-state index in [9.17, 15) is 9.65 Å². The van der Waals surface area contributed by atoms with Crippen molar-refractivity contribution in [3.8, 4) is 22.9 Å². The number of halogens is 1. The van der Waals surface area contributed by atoms with E-state index >= 15 is 0 Å². The van der Waals surface area contributed by atoms with Crippen LogP contribution in [0.4, 0.5) is 15.9 Å². The molecular weight excluding hydrogens is 489 g/mol. The molecule has 2 aromatic carbocycles. The topological polar surface area (TPSA) is 65.3 Å². The molecule has 0 fully saturated rings. The number of allylic oxidation sites excluding steroid dienone is 2. The highest BCUT2D eigenvalue weighted by atomic mass is 19.1. The number of aromatic nitrogens is 2. The van der Waals surface area contributed by atoms with Crippen LogP contribution in [0.25, 0.3) is 22.0 Å². The Hall–Kier alpha value is -4.70. The lowest BCUT2D eigenvalue weighted by Crippen LogP contribution is -2.23. The maximum atomic E-state index is 14.8. The van der Waals surface area contributed by atoms with Gasteiger partial charge < -0.3 is 14.5 Å². The Balaban J connectivity index is 1.36. The molecule has 0 spiro atoms. The predicted octanol–water partition coefficient (Wildman–Crippen LogP) is 6.89. The largest absolute Gasteiger partial charge is 0.497 e. The summed E-state index contributed by atoms with van der Waals surface area (Å²) >= 11 is 0. The number of anilines is 2. The molecule has 0 radical (unpaired) electrons. The van der Waals surface area contributed by atoms with E-state index in [0.717, 1.165) is 44.7 Å². The first-order chi connectivity index (χ1) is 18.8. The fourth-order valence-electron chi connectivity index (χ4n) is 4.58. The van der Waals surface area contributed by atoms with Gasteiger partial charge in [-0.05, 0) is 67.0 Å². The molecule has 0 saturated heterocycles. The molecule has 39 heavy (non-hydrogen) atoms. The third-order valence-electron chi connectivity index (χ3n) is 7.05. The van der Waals surface area contributed by atoms with Gasteiger partial charge in [-0.15, -0.1) is 0 Å². The number of methoxy groups -OCH3 is 1. The lowest BCUT2D eigenvalue weighted by molar-refractivity contribution is 0.414. The second-order valence-corrected chi connectivity index (χ2v) is 10.2. The molecule has 3 heterocycles. The number of pyridine rings is 2. The number of nitrogens with zero attached hydrogens (tertiary/aromatic N) is 5. The van der Waals surface area contributed by atoms with Gasteiger partial charge in [0.25, 0.3) is 0 Å². The number of ether oxygens (including phenoxy) is 1. The fourth-order valence-corrected chi connectivity index (χ4v) is 4.58. The van der Waals surface area contributed by atoms with Crippen molar-refractivity contribution in [2.75, 3.05) is 30.5 Å². The second-order valence-electron chi connectivity index (χ2n) is 10.2. The smallest absolute Gasteiger partial charge is 0.146 e. The van der Waals surface area contributed by atoms with Gasteiger partial charge in [0.1, 0.15) is 17.4 Å². The lowest BCUT2D eigenvalue weighted by Gasteiger charge is -2.27. The first-order valence-electron chi connectivity index (χ1n) is 12.7. The van der Waals surface area contributed by atoms with Gasteiger partial charge in [-0.3, -0.25) is 4.98 Å². The van der Waals surface area contributed by atoms with Crippen LogP contribution in [-0.4, -0.2) is 30.7 Å². The maximum Gasteiger partial charge on any atom is 0.146 e. The van der Waals surface area contributed by atoms with E-state index in [4.69, 9.17) is 9.72 Å². The van der Waals surface area contributed by atoms with Gasteiger partial charge in [0.2, 0.25) is 0 Å². The van der Waals surface area contributed by atoms with Crippen molar-refractivity contribution in [1.29, 1.82) is 5.26 Å². The first-order valence-corrected chi connectivity index (χ1v) is 12.7. The molecule has 2 aromatic heterocycles. The molecule has 6 nitrogen and oxygen atoms in total. The van der Waals surface area contributed by atoms with Crippen LogP contribution in [0.5, 0.6) is 5.75 Å². The Morgan fingerprint density at radius 2 is 1.85 bits per heavy atom. The van der Waals surface area contributed by atoms with Crippen molar-refractivity contribution in [2.24, 2.45) is 5.41 Å². The Morgan fingerprint density at radius 1 is 1.05 bits per heavy atom. The molecule has 0 amide bonds. The maximum absolute atomic E-state index is 14.8. The van der Waals surface area contributed by atoms with Crippen LogP contribution >= 0.6 is 0 Å². The molecule has 5 rings (SSSR count). The summed E-state index contributed by atoms with van der Waals surface area (Å²) in [6.07, 6.45) is 9.33. The minimum absolute atomic E-state index is 0.306. The van der Waals surface area contributed by atoms with Crippen molar-refractivity contribution >= 4 is 22.4 Å². The number of rotatable bonds is 7. The van der Waals surface area contributed by atoms with Gasteiger partial charge >= 0.3 is 0 Å². The van der Waals surface area contributed by atoms with Crippen molar-refractivity contribution < 1.29 is 9.13 Å². The van der Waals surface area contributed by atoms with Gasteiger partial charge in [-0.25, -0.2) is 9.37 Å². The van der Waals surface area contributed by atoms with Gasteiger partial charge in [-0.2, -0.15) is 5.26 Å². The molecule has 0 atom stereocenters. The summed E-state index contributed by atoms with van der Waals surface area (Å²) in [5, 5.41) is 10.3. The van der Waals surface area contributed by atoms with E-state index in [1.54, 1.807) is 13.2 Å². The summed E-state index contributed by atoms with van der Waals surface area (Å²) < 4.78 is 20.1. The standard InChI is InChI=1S/C32H30FN5O/c1-32(2,21-34)26-11-13-38(14-12-26)30-16-23(7-10-28(30)33)24-15-25-19-36-31(17-29(25)35-18-24)37(3)20-22-5-8-27(39-4)9-6-22/h5-13,15-19H,14,20H2,1-4H3. The Morgan fingerprint density at radius 3 is 2.54 bits per heavy atom. The van der Waals surface area contributed by atoms with Crippen molar-refractivity contribution in [3.05, 3.63) is 102 Å². The molecule has 0 unspecified atom stereocenters. The predicted molar refractivity (Wildman–Crippen MR) is 154 cm³/mol. The zero-order chi connectivity index (χ0) is 27.6. The molecule has 0 saturated carbocycles. The molecular formula is C32H30FN5O. The SMILES string of the molecule is COc1ccc(CN(C)c2cc3ncc(-c4ccc(F)c(N5C=CC(C(C)(C)C#N)=CC5)c4)cc3cn2)cc1. The van der Waals surface area contributed by atoms with Gasteiger partial charge in [0.15, 0.2) is 0 Å². The van der Waals surface area contributed by atoms with Crippen LogP contribution in [-0.2, 0) is 6.54 Å². The van der Waals surface area contributed by atoms with Crippen LogP contribution in [0, 0.1) is 22.6 Å². The Kier molecular flexibility index (Phi) is 7.03. The Bertz CT molecular complexity index is 1620. The zero-order valence-electron chi connectivity index (χ0n) is 22.5. The molecule has 1 aliphatic rings. The molecule has 0 N–H and O–H groups in total. The summed E-state index contributed by atoms with van der Waals surface area (Å²) in [6, 6.07) is 19.4. The quantitative estimate of drug-likeness (QED) is 0.265. The Labute approximate surface area is 228 Å². The average Bonchev–Trinajstić information content (AvgIpc) is 2.97. The van der Waals surface area contributed by atoms with E-state index in [1.165, 1.54) is 6.07 Å². The minimum Gasteiger partial charge on any atom is -0.497 e. The van der Waals surface area contributed by atoms with Crippen molar-refractivity contribution in [2.45, 2.75) is 20.4 Å². The highest BCUT2D eigenvalue weighted by molar-refractivity contribution is 5.85. The molecule has 1 aliphatic heterocycles. The number of benzene rings is 2.